The molecule has 18 atom stereocenters. The normalized spacial score (nSPS) is 31.8. The quantitative estimate of drug-likeness (QED) is 0.0718. The van der Waals surface area contributed by atoms with E-state index in [2.05, 4.69) is 0 Å². The Bertz CT molecular complexity index is 926. The van der Waals surface area contributed by atoms with Crippen molar-refractivity contribution >= 4 is 60.8 Å². The Labute approximate surface area is 361 Å². The third kappa shape index (κ3) is 20.1. The molecule has 0 aromatic rings. The molecule has 2 aliphatic heterocycles. The van der Waals surface area contributed by atoms with E-state index in [9.17, 15) is 45.3 Å². The van der Waals surface area contributed by atoms with Crippen molar-refractivity contribution in [2.24, 2.45) is 0 Å². The largest absolute Gasteiger partial charge is 5.00 e. The number of aliphatic hydroxyl groups is 18. The van der Waals surface area contributed by atoms with Gasteiger partial charge in [-0.25, -0.2) is 9.59 Å². The number of carboxylic acids is 2. The minimum absolute atomic E-state index is 0. The van der Waals surface area contributed by atoms with E-state index in [1.807, 2.05) is 0 Å². The first-order valence-electron chi connectivity index (χ1n) is 14.0. The van der Waals surface area contributed by atoms with Gasteiger partial charge in [0.25, 0.3) is 0 Å². The first kappa shape index (κ1) is 66.5. The Kier molecular flexibility index (Phi) is 40.0. The number of aliphatic carboxylic acids is 2. The number of ether oxygens (including phenoxy) is 3. The first-order chi connectivity index (χ1) is 22.6. The molecule has 8 unspecified atom stereocenters. The Hall–Kier alpha value is 0.656. The maximum absolute atomic E-state index is 10.1. The summed E-state index contributed by atoms with van der Waals surface area (Å²) in [6, 6.07) is 0. The average Bonchev–Trinajstić information content (AvgIpc) is 3.08. The molecule has 0 radical (unpaired) electrons. The molecule has 2 rings (SSSR count). The van der Waals surface area contributed by atoms with Gasteiger partial charge in [0.1, 0.15) is 85.5 Å². The van der Waals surface area contributed by atoms with Gasteiger partial charge < -0.3 is 127 Å². The van der Waals surface area contributed by atoms with Gasteiger partial charge in [-0.15, -0.1) is 0 Å². The zero-order valence-corrected chi connectivity index (χ0v) is 35.0. The molecule has 2 aliphatic rings. The molecular weight excluding hydrogens is 987 g/mol. The third-order valence-electron chi connectivity index (χ3n) is 6.98. The van der Waals surface area contributed by atoms with E-state index >= 15 is 0 Å². The summed E-state index contributed by atoms with van der Waals surface area (Å²) in [5.74, 6) is -3.45. The first-order valence-corrected chi connectivity index (χ1v) is 14.0. The molecule has 2 saturated heterocycles. The monoisotopic (exact) mass is 1030 g/mol. The maximum Gasteiger partial charge on any atom is 5.00 e. The van der Waals surface area contributed by atoms with Crippen molar-refractivity contribution in [2.45, 2.75) is 110 Å². The molecule has 2 heterocycles. The number of aliphatic hydroxyl groups excluding tert-OH is 18. The van der Waals surface area contributed by atoms with Crippen molar-refractivity contribution in [3.8, 4) is 0 Å². The molecule has 0 spiro atoms. The van der Waals surface area contributed by atoms with Crippen LogP contribution in [-0.2, 0) is 34.8 Å². The van der Waals surface area contributed by atoms with Gasteiger partial charge >= 0.3 is 90.4 Å². The average molecular weight is 1030 g/mol. The summed E-state index contributed by atoms with van der Waals surface area (Å²) >= 11 is 0. The maximum atomic E-state index is 10.1. The van der Waals surface area contributed by atoms with Crippen LogP contribution in [-0.4, -0.2) is 300 Å². The molecule has 20 N–H and O–H groups in total. The number of hydrogen-bond donors (Lipinski definition) is 20. The zero-order chi connectivity index (χ0) is 38.5. The van der Waals surface area contributed by atoms with Crippen LogP contribution in [0, 0.1) is 0 Å². The zero-order valence-electron chi connectivity index (χ0n) is 27.9. The van der Waals surface area contributed by atoms with E-state index in [4.69, 9.17) is 80.6 Å². The predicted molar refractivity (Wildman–Crippen MR) is 159 cm³/mol. The van der Waals surface area contributed by atoms with E-state index < -0.39 is 149 Å². The Morgan fingerprint density at radius 2 is 0.889 bits per heavy atom. The summed E-state index contributed by atoms with van der Waals surface area (Å²) in [6.07, 6.45) is -31.0. The van der Waals surface area contributed by atoms with Crippen LogP contribution in [0.2, 0.25) is 0 Å². The smallest absolute Gasteiger partial charge is 2.00 e. The van der Waals surface area contributed by atoms with Crippen molar-refractivity contribution in [2.75, 3.05) is 26.4 Å². The van der Waals surface area contributed by atoms with Crippen LogP contribution < -0.4 is 29.6 Å². The van der Waals surface area contributed by atoms with Crippen molar-refractivity contribution in [1.29, 1.82) is 0 Å². The number of rotatable bonds is 14. The second-order valence-corrected chi connectivity index (χ2v) is 10.6. The van der Waals surface area contributed by atoms with Crippen LogP contribution in [0.3, 0.4) is 0 Å². The summed E-state index contributed by atoms with van der Waals surface area (Å²) in [6.45, 7) is -2.78. The van der Waals surface area contributed by atoms with E-state index in [0.717, 1.165) is 0 Å². The van der Waals surface area contributed by atoms with Gasteiger partial charge in [0.05, 0.1) is 26.4 Å². The Balaban J connectivity index is -0.000000163. The fraction of sp³-hybridized carbons (Fsp3) is 0.917. The minimum atomic E-state index is -2.20. The second-order valence-electron chi connectivity index (χ2n) is 10.6. The summed E-state index contributed by atoms with van der Waals surface area (Å²) in [5, 5.41) is 180. The van der Waals surface area contributed by atoms with Gasteiger partial charge in [0, 0.05) is 0 Å². The molecule has 30 heteroatoms. The SMILES string of the molecule is O=C(O)C(O)C(O)C(O)C(O)CO.O=C(O)C(O)C(O)C(O)C(O)CO.OC[C@H]1O[C@H](OC[C@H]2O[C@H](O)[C@@H](O)[C@@H](O)[C@@H]2O)[C@@H](O)[C@@H](O)[C@@H]1O.[Na+].[O-2].[O-2].[Sb+5].[Sb+5]. The van der Waals surface area contributed by atoms with Crippen molar-refractivity contribution in [3.63, 3.8) is 0 Å². The topological polar surface area (TPSA) is 523 Å². The molecule has 308 valence electrons. The third-order valence-corrected chi connectivity index (χ3v) is 6.98. The van der Waals surface area contributed by atoms with Gasteiger partial charge in [0.2, 0.25) is 0 Å². The van der Waals surface area contributed by atoms with Gasteiger partial charge in [-0.3, -0.25) is 0 Å². The van der Waals surface area contributed by atoms with Crippen LogP contribution in [0.5, 0.6) is 0 Å². The molecule has 54 heavy (non-hydrogen) atoms. The van der Waals surface area contributed by atoms with Crippen LogP contribution in [0.25, 0.3) is 0 Å². The molecule has 2 fully saturated rings. The van der Waals surface area contributed by atoms with Crippen LogP contribution in [0.15, 0.2) is 0 Å². The molecule has 0 aliphatic carbocycles. The number of hydrogen-bond acceptors (Lipinski definition) is 23. The molecule has 0 saturated carbocycles. The van der Waals surface area contributed by atoms with Crippen molar-refractivity contribution in [3.05, 3.63) is 0 Å². The summed E-state index contributed by atoms with van der Waals surface area (Å²) < 4.78 is 15.1. The predicted octanol–water partition coefficient (Wildman–Crippen LogP) is -16.4. The molecule has 0 aromatic carbocycles. The van der Waals surface area contributed by atoms with Gasteiger partial charge in [-0.2, -0.15) is 0 Å². The van der Waals surface area contributed by atoms with E-state index in [1.165, 1.54) is 0 Å². The molecule has 0 bridgehead atoms. The number of carboxylic acid groups (broad SMARTS) is 2. The Morgan fingerprint density at radius 1 is 0.537 bits per heavy atom. The fourth-order valence-electron chi connectivity index (χ4n) is 3.80. The van der Waals surface area contributed by atoms with Gasteiger partial charge in [-0.05, 0) is 0 Å². The second kappa shape index (κ2) is 32.5. The molecule has 0 aromatic heterocycles. The van der Waals surface area contributed by atoms with Crippen LogP contribution >= 0.6 is 0 Å². The summed E-state index contributed by atoms with van der Waals surface area (Å²) in [5.41, 5.74) is 0. The molecular formula is C24H46NaO27Sb2+7. The fourth-order valence-corrected chi connectivity index (χ4v) is 3.80. The summed E-state index contributed by atoms with van der Waals surface area (Å²) in [4.78, 5) is 20.2. The van der Waals surface area contributed by atoms with E-state index in [-0.39, 0.29) is 89.4 Å². The molecule has 27 nitrogen and oxygen atoms in total. The van der Waals surface area contributed by atoms with Gasteiger partial charge in [0.15, 0.2) is 24.8 Å². The standard InChI is InChI=1S/C12H22O11.2C6H12O7.Na.2O.2Sb/c13-1-3-5(14)8(17)10(19)12(23-3)21-2-4-6(15)7(16)9(18)11(20)22-4;2*7-1-2(8)3(9)4(10)5(11)6(12)13;;;;;/h3-20H,1-2H2;2*2-5,7-11H,1H2,(H,12,13);;;;;/q;;;+1;2*-2;2*+5/t3-,4-,5-,6-,7+,8+,9+,10+,11+,12+;;;;;;;/m1......./s1. The van der Waals surface area contributed by atoms with E-state index in [1.54, 1.807) is 0 Å². The minimum Gasteiger partial charge on any atom is -2.00 e. The molecule has 0 amide bonds. The van der Waals surface area contributed by atoms with Crippen molar-refractivity contribution in [1.82, 2.24) is 0 Å². The van der Waals surface area contributed by atoms with Gasteiger partial charge in [-0.1, -0.05) is 0 Å². The summed E-state index contributed by atoms with van der Waals surface area (Å²) in [7, 11) is 0. The van der Waals surface area contributed by atoms with Crippen LogP contribution in [0.4, 0.5) is 0 Å². The van der Waals surface area contributed by atoms with Crippen LogP contribution in [0.1, 0.15) is 0 Å². The Morgan fingerprint density at radius 3 is 1.22 bits per heavy atom. The number of carbonyl (C=O) groups is 2. The van der Waals surface area contributed by atoms with Crippen molar-refractivity contribution < 1.29 is 166 Å². The van der Waals surface area contributed by atoms with E-state index in [0.29, 0.717) is 0 Å².